The van der Waals surface area contributed by atoms with Gasteiger partial charge >= 0.3 is 0 Å². The molecule has 0 radical (unpaired) electrons. The molecular formula is C19H24ClN5O3. The number of hydrogen-bond donors (Lipinski definition) is 1. The number of rotatable bonds is 7. The summed E-state index contributed by atoms with van der Waals surface area (Å²) >= 11 is 0. The third-order valence-electron chi connectivity index (χ3n) is 4.87. The van der Waals surface area contributed by atoms with Gasteiger partial charge in [-0.1, -0.05) is 17.3 Å². The van der Waals surface area contributed by atoms with E-state index in [-0.39, 0.29) is 19.0 Å². The molecule has 28 heavy (non-hydrogen) atoms. The minimum atomic E-state index is -0.396. The van der Waals surface area contributed by atoms with Crippen LogP contribution in [-0.2, 0) is 23.5 Å². The van der Waals surface area contributed by atoms with E-state index in [1.54, 1.807) is 13.3 Å². The number of benzene rings is 1. The van der Waals surface area contributed by atoms with Crippen LogP contribution in [0.15, 0.2) is 47.2 Å². The first-order chi connectivity index (χ1) is 13.3. The smallest absolute Gasteiger partial charge is 0.254 e. The van der Waals surface area contributed by atoms with Gasteiger partial charge in [-0.15, -0.1) is 12.4 Å². The molecule has 3 aromatic rings. The van der Waals surface area contributed by atoms with Gasteiger partial charge in [-0.2, -0.15) is 10.1 Å². The van der Waals surface area contributed by atoms with Gasteiger partial charge in [0.05, 0.1) is 13.7 Å². The molecule has 1 fully saturated rings. The molecule has 9 heteroatoms. The molecule has 0 aliphatic carbocycles. The third kappa shape index (κ3) is 4.19. The van der Waals surface area contributed by atoms with E-state index >= 15 is 0 Å². The number of hydrogen-bond acceptors (Lipinski definition) is 7. The Morgan fingerprint density at radius 1 is 1.21 bits per heavy atom. The van der Waals surface area contributed by atoms with Crippen molar-refractivity contribution in [2.45, 2.75) is 31.6 Å². The van der Waals surface area contributed by atoms with E-state index < -0.39 is 5.54 Å². The van der Waals surface area contributed by atoms with Crippen LogP contribution in [0.3, 0.4) is 0 Å². The highest BCUT2D eigenvalue weighted by Gasteiger charge is 2.41. The van der Waals surface area contributed by atoms with Crippen LogP contribution in [0.2, 0.25) is 0 Å². The number of aromatic nitrogens is 4. The highest BCUT2D eigenvalue weighted by atomic mass is 35.5. The number of nitrogens with zero attached hydrogens (tertiary/aromatic N) is 4. The van der Waals surface area contributed by atoms with Crippen molar-refractivity contribution in [2.75, 3.05) is 20.2 Å². The summed E-state index contributed by atoms with van der Waals surface area (Å²) in [4.78, 5) is 4.61. The zero-order chi connectivity index (χ0) is 18.5. The second-order valence-electron chi connectivity index (χ2n) is 6.59. The monoisotopic (exact) mass is 405 g/mol. The van der Waals surface area contributed by atoms with E-state index in [1.807, 2.05) is 41.2 Å². The van der Waals surface area contributed by atoms with E-state index in [2.05, 4.69) is 20.6 Å². The first-order valence-corrected chi connectivity index (χ1v) is 9.05. The van der Waals surface area contributed by atoms with E-state index in [1.165, 1.54) is 0 Å². The minimum Gasteiger partial charge on any atom is -0.497 e. The largest absolute Gasteiger partial charge is 0.497 e. The van der Waals surface area contributed by atoms with Gasteiger partial charge in [-0.05, 0) is 49.7 Å². The molecule has 0 atom stereocenters. The highest BCUT2D eigenvalue weighted by molar-refractivity contribution is 5.85. The lowest BCUT2D eigenvalue weighted by molar-refractivity contribution is 0.0997. The van der Waals surface area contributed by atoms with Gasteiger partial charge in [-0.3, -0.25) is 4.68 Å². The molecule has 1 N–H and O–H groups in total. The second kappa shape index (κ2) is 9.18. The van der Waals surface area contributed by atoms with E-state index in [4.69, 9.17) is 14.0 Å². The summed E-state index contributed by atoms with van der Waals surface area (Å²) in [5, 5.41) is 11.9. The Morgan fingerprint density at radius 3 is 2.82 bits per heavy atom. The molecule has 1 saturated heterocycles. The Hall–Kier alpha value is -2.42. The van der Waals surface area contributed by atoms with Crippen molar-refractivity contribution in [1.29, 1.82) is 0 Å². The minimum absolute atomic E-state index is 0. The average Bonchev–Trinajstić information content (AvgIpc) is 3.41. The molecule has 8 nitrogen and oxygen atoms in total. The number of ether oxygens (including phenoxy) is 2. The lowest BCUT2D eigenvalue weighted by Crippen LogP contribution is -2.45. The second-order valence-corrected chi connectivity index (χ2v) is 6.59. The Bertz CT molecular complexity index is 862. The lowest BCUT2D eigenvalue weighted by Gasteiger charge is -2.34. The number of piperidine rings is 1. The molecular weight excluding hydrogens is 382 g/mol. The first-order valence-electron chi connectivity index (χ1n) is 9.05. The standard InChI is InChI=1S/C19H23N5O3.ClH/c1-25-16-5-2-4-15(12-16)13-26-14-17-22-18(27-23-17)19(6-9-20-10-7-19)24-11-3-8-21-24;/h2-5,8,11-12,20H,6-7,9-10,13-14H2,1H3;1H. The topological polar surface area (TPSA) is 87.2 Å². The van der Waals surface area contributed by atoms with Crippen molar-refractivity contribution >= 4 is 12.4 Å². The van der Waals surface area contributed by atoms with Crippen molar-refractivity contribution in [3.63, 3.8) is 0 Å². The predicted molar refractivity (Wildman–Crippen MR) is 104 cm³/mol. The molecule has 2 aromatic heterocycles. The Kier molecular flexibility index (Phi) is 6.66. The molecule has 0 saturated carbocycles. The molecule has 1 aromatic carbocycles. The van der Waals surface area contributed by atoms with Crippen LogP contribution < -0.4 is 10.1 Å². The van der Waals surface area contributed by atoms with Crippen molar-refractivity contribution in [3.05, 3.63) is 60.0 Å². The SMILES string of the molecule is COc1cccc(COCc2noc(C3(n4cccn4)CCNCC3)n2)c1.Cl. The summed E-state index contributed by atoms with van der Waals surface area (Å²) in [6, 6.07) is 9.70. The summed E-state index contributed by atoms with van der Waals surface area (Å²) in [5.41, 5.74) is 0.636. The van der Waals surface area contributed by atoms with Gasteiger partial charge in [0.25, 0.3) is 5.89 Å². The van der Waals surface area contributed by atoms with E-state index in [0.717, 1.165) is 37.2 Å². The first kappa shape index (κ1) is 20.3. The van der Waals surface area contributed by atoms with Crippen LogP contribution in [0.25, 0.3) is 0 Å². The van der Waals surface area contributed by atoms with Crippen molar-refractivity contribution in [1.82, 2.24) is 25.2 Å². The van der Waals surface area contributed by atoms with Gasteiger partial charge in [0.15, 0.2) is 5.82 Å². The zero-order valence-electron chi connectivity index (χ0n) is 15.7. The van der Waals surface area contributed by atoms with Gasteiger partial charge in [0.2, 0.25) is 0 Å². The molecule has 150 valence electrons. The predicted octanol–water partition coefficient (Wildman–Crippen LogP) is 2.54. The van der Waals surface area contributed by atoms with Crippen LogP contribution in [0.1, 0.15) is 30.1 Å². The molecule has 0 spiro atoms. The lowest BCUT2D eigenvalue weighted by atomic mass is 9.88. The van der Waals surface area contributed by atoms with Crippen LogP contribution >= 0.6 is 12.4 Å². The summed E-state index contributed by atoms with van der Waals surface area (Å²) in [7, 11) is 1.65. The van der Waals surface area contributed by atoms with Crippen molar-refractivity contribution in [3.8, 4) is 5.75 Å². The molecule has 3 heterocycles. The number of methoxy groups -OCH3 is 1. The van der Waals surface area contributed by atoms with Crippen molar-refractivity contribution < 1.29 is 14.0 Å². The molecule has 1 aliphatic heterocycles. The maximum absolute atomic E-state index is 5.75. The van der Waals surface area contributed by atoms with Crippen LogP contribution in [0, 0.1) is 0 Å². The van der Waals surface area contributed by atoms with Crippen LogP contribution in [0.4, 0.5) is 0 Å². The molecule has 0 bridgehead atoms. The molecule has 0 amide bonds. The maximum Gasteiger partial charge on any atom is 0.254 e. The van der Waals surface area contributed by atoms with Gasteiger partial charge in [-0.25, -0.2) is 0 Å². The fourth-order valence-corrected chi connectivity index (χ4v) is 3.43. The fraction of sp³-hybridized carbons (Fsp3) is 0.421. The fourth-order valence-electron chi connectivity index (χ4n) is 3.43. The van der Waals surface area contributed by atoms with E-state index in [9.17, 15) is 0 Å². The average molecular weight is 406 g/mol. The van der Waals surface area contributed by atoms with Crippen LogP contribution in [-0.4, -0.2) is 40.1 Å². The van der Waals surface area contributed by atoms with Crippen LogP contribution in [0.5, 0.6) is 5.75 Å². The highest BCUT2D eigenvalue weighted by Crippen LogP contribution is 2.33. The number of halogens is 1. The number of nitrogens with one attached hydrogen (secondary N) is 1. The van der Waals surface area contributed by atoms with Gasteiger partial charge in [0, 0.05) is 12.4 Å². The molecule has 0 unspecified atom stereocenters. The van der Waals surface area contributed by atoms with Gasteiger partial charge < -0.3 is 19.3 Å². The Balaban J connectivity index is 0.00000225. The zero-order valence-corrected chi connectivity index (χ0v) is 16.5. The van der Waals surface area contributed by atoms with Crippen molar-refractivity contribution in [2.24, 2.45) is 0 Å². The van der Waals surface area contributed by atoms with Gasteiger partial charge in [0.1, 0.15) is 17.9 Å². The Labute approximate surface area is 169 Å². The maximum atomic E-state index is 5.75. The summed E-state index contributed by atoms with van der Waals surface area (Å²) in [6.07, 6.45) is 5.43. The summed E-state index contributed by atoms with van der Waals surface area (Å²) < 4.78 is 18.5. The van der Waals surface area contributed by atoms with E-state index in [0.29, 0.717) is 18.3 Å². The normalized spacial score (nSPS) is 15.8. The summed E-state index contributed by atoms with van der Waals surface area (Å²) in [5.74, 6) is 1.94. The Morgan fingerprint density at radius 2 is 2.07 bits per heavy atom. The summed E-state index contributed by atoms with van der Waals surface area (Å²) in [6.45, 7) is 2.50. The molecule has 4 rings (SSSR count). The third-order valence-corrected chi connectivity index (χ3v) is 4.87. The quantitative estimate of drug-likeness (QED) is 0.646. The molecule has 1 aliphatic rings.